The number of fused-ring (bicyclic) bond motifs is 1. The standard InChI is InChI=1S/C11H14N4O4S/c1-13-11(16)15-4-2-3-9(10(15)12-13)20(17,18)14-5-7-19-8-6-14/h2-4H,5-8H2,1H3. The highest BCUT2D eigenvalue weighted by Gasteiger charge is 2.29. The van der Waals surface area contributed by atoms with E-state index in [9.17, 15) is 13.2 Å². The molecule has 2 aromatic rings. The van der Waals surface area contributed by atoms with Crippen molar-refractivity contribution in [2.75, 3.05) is 26.3 Å². The third-order valence-electron chi connectivity index (χ3n) is 3.25. The number of pyridine rings is 1. The Hall–Kier alpha value is -1.71. The van der Waals surface area contributed by atoms with Crippen LogP contribution in [0.3, 0.4) is 0 Å². The van der Waals surface area contributed by atoms with Crippen LogP contribution in [0.15, 0.2) is 28.0 Å². The van der Waals surface area contributed by atoms with Gasteiger partial charge in [0.25, 0.3) is 0 Å². The third-order valence-corrected chi connectivity index (χ3v) is 5.17. The first kappa shape index (κ1) is 13.3. The lowest BCUT2D eigenvalue weighted by atomic mass is 10.5. The number of nitrogens with zero attached hydrogens (tertiary/aromatic N) is 4. The van der Waals surface area contributed by atoms with E-state index in [1.54, 1.807) is 0 Å². The Morgan fingerprint density at radius 2 is 2.00 bits per heavy atom. The topological polar surface area (TPSA) is 85.9 Å². The summed E-state index contributed by atoms with van der Waals surface area (Å²) >= 11 is 0. The predicted octanol–water partition coefficient (Wildman–Crippen LogP) is -0.946. The second-order valence-electron chi connectivity index (χ2n) is 4.49. The van der Waals surface area contributed by atoms with E-state index in [0.29, 0.717) is 26.3 Å². The van der Waals surface area contributed by atoms with Crippen molar-refractivity contribution in [3.63, 3.8) is 0 Å². The molecule has 8 nitrogen and oxygen atoms in total. The number of hydrogen-bond acceptors (Lipinski definition) is 5. The fourth-order valence-electron chi connectivity index (χ4n) is 2.20. The van der Waals surface area contributed by atoms with Gasteiger partial charge in [0.1, 0.15) is 4.90 Å². The fourth-order valence-corrected chi connectivity index (χ4v) is 3.73. The van der Waals surface area contributed by atoms with Crippen molar-refractivity contribution in [2.24, 2.45) is 7.05 Å². The molecule has 108 valence electrons. The van der Waals surface area contributed by atoms with Gasteiger partial charge < -0.3 is 4.74 Å². The van der Waals surface area contributed by atoms with Crippen LogP contribution in [0.5, 0.6) is 0 Å². The quantitative estimate of drug-likeness (QED) is 0.714. The number of ether oxygens (including phenoxy) is 1. The molecule has 0 radical (unpaired) electrons. The Morgan fingerprint density at radius 3 is 2.70 bits per heavy atom. The molecular weight excluding hydrogens is 284 g/mol. The second kappa shape index (κ2) is 4.69. The van der Waals surface area contributed by atoms with Crippen molar-refractivity contribution < 1.29 is 13.2 Å². The van der Waals surface area contributed by atoms with Crippen molar-refractivity contribution >= 4 is 15.7 Å². The van der Waals surface area contributed by atoms with Crippen LogP contribution in [0.2, 0.25) is 0 Å². The van der Waals surface area contributed by atoms with Gasteiger partial charge in [-0.2, -0.15) is 4.31 Å². The summed E-state index contributed by atoms with van der Waals surface area (Å²) in [6.45, 7) is 1.36. The van der Waals surface area contributed by atoms with E-state index in [0.717, 1.165) is 4.68 Å². The predicted molar refractivity (Wildman–Crippen MR) is 70.0 cm³/mol. The summed E-state index contributed by atoms with van der Waals surface area (Å²) in [4.78, 5) is 11.9. The zero-order chi connectivity index (χ0) is 14.3. The van der Waals surface area contributed by atoms with Gasteiger partial charge >= 0.3 is 5.69 Å². The largest absolute Gasteiger partial charge is 0.379 e. The summed E-state index contributed by atoms with van der Waals surface area (Å²) in [6, 6.07) is 3.00. The van der Waals surface area contributed by atoms with Crippen LogP contribution in [-0.4, -0.2) is 53.2 Å². The zero-order valence-electron chi connectivity index (χ0n) is 10.9. The van der Waals surface area contributed by atoms with E-state index in [2.05, 4.69) is 5.10 Å². The zero-order valence-corrected chi connectivity index (χ0v) is 11.7. The van der Waals surface area contributed by atoms with Gasteiger partial charge in [0.2, 0.25) is 10.0 Å². The first-order chi connectivity index (χ1) is 9.51. The maximum Gasteiger partial charge on any atom is 0.350 e. The van der Waals surface area contributed by atoms with Gasteiger partial charge in [-0.15, -0.1) is 5.10 Å². The highest BCUT2D eigenvalue weighted by Crippen LogP contribution is 2.19. The maximum atomic E-state index is 12.6. The molecule has 3 heterocycles. The molecule has 1 saturated heterocycles. The van der Waals surface area contributed by atoms with Gasteiger partial charge in [-0.1, -0.05) is 0 Å². The van der Waals surface area contributed by atoms with Crippen molar-refractivity contribution in [3.05, 3.63) is 28.8 Å². The normalized spacial score (nSPS) is 17.6. The van der Waals surface area contributed by atoms with E-state index < -0.39 is 10.0 Å². The molecular formula is C11H14N4O4S. The molecule has 0 aromatic carbocycles. The summed E-state index contributed by atoms with van der Waals surface area (Å²) in [5, 5.41) is 4.00. The van der Waals surface area contributed by atoms with E-state index in [-0.39, 0.29) is 16.2 Å². The fraction of sp³-hybridized carbons (Fsp3) is 0.455. The first-order valence-corrected chi connectivity index (χ1v) is 7.58. The lowest BCUT2D eigenvalue weighted by Crippen LogP contribution is -2.40. The number of aryl methyl sites for hydroxylation is 1. The maximum absolute atomic E-state index is 12.6. The SMILES string of the molecule is Cn1nc2c(S(=O)(=O)N3CCOCC3)cccn2c1=O. The van der Waals surface area contributed by atoms with Gasteiger partial charge in [-0.3, -0.25) is 0 Å². The van der Waals surface area contributed by atoms with Crippen LogP contribution < -0.4 is 5.69 Å². The molecule has 0 saturated carbocycles. The Bertz CT molecular complexity index is 801. The van der Waals surface area contributed by atoms with E-state index >= 15 is 0 Å². The lowest BCUT2D eigenvalue weighted by molar-refractivity contribution is 0.0730. The molecule has 0 unspecified atom stereocenters. The number of rotatable bonds is 2. The molecule has 0 bridgehead atoms. The molecule has 1 fully saturated rings. The Labute approximate surface area is 115 Å². The third kappa shape index (κ3) is 1.94. The number of hydrogen-bond donors (Lipinski definition) is 0. The van der Waals surface area contributed by atoms with Crippen molar-refractivity contribution in [1.82, 2.24) is 18.5 Å². The number of sulfonamides is 1. The van der Waals surface area contributed by atoms with Crippen LogP contribution in [0.1, 0.15) is 0 Å². The average Bonchev–Trinajstić information content (AvgIpc) is 2.75. The van der Waals surface area contributed by atoms with Gasteiger partial charge in [-0.05, 0) is 12.1 Å². The minimum atomic E-state index is -3.67. The van der Waals surface area contributed by atoms with Gasteiger partial charge in [0, 0.05) is 26.3 Å². The lowest BCUT2D eigenvalue weighted by Gasteiger charge is -2.25. The second-order valence-corrected chi connectivity index (χ2v) is 6.40. The first-order valence-electron chi connectivity index (χ1n) is 6.14. The molecule has 0 spiro atoms. The van der Waals surface area contributed by atoms with E-state index in [4.69, 9.17) is 4.74 Å². The summed E-state index contributed by atoms with van der Waals surface area (Å²) in [5.41, 5.74) is -0.231. The minimum absolute atomic E-state index is 0.0413. The van der Waals surface area contributed by atoms with Crippen LogP contribution in [0, 0.1) is 0 Å². The molecule has 9 heteroatoms. The smallest absolute Gasteiger partial charge is 0.350 e. The Morgan fingerprint density at radius 1 is 1.30 bits per heavy atom. The molecule has 20 heavy (non-hydrogen) atoms. The summed E-state index contributed by atoms with van der Waals surface area (Å²) < 4.78 is 34.1. The molecule has 3 rings (SSSR count). The molecule has 2 aromatic heterocycles. The summed E-state index contributed by atoms with van der Waals surface area (Å²) in [6.07, 6.45) is 1.50. The number of aromatic nitrogens is 3. The minimum Gasteiger partial charge on any atom is -0.379 e. The average molecular weight is 298 g/mol. The van der Waals surface area contributed by atoms with E-state index in [1.807, 2.05) is 0 Å². The Balaban J connectivity index is 2.18. The van der Waals surface area contributed by atoms with Crippen LogP contribution in [0.4, 0.5) is 0 Å². The Kier molecular flexibility index (Phi) is 3.11. The van der Waals surface area contributed by atoms with Gasteiger partial charge in [-0.25, -0.2) is 22.3 Å². The molecule has 1 aliphatic rings. The van der Waals surface area contributed by atoms with Crippen LogP contribution >= 0.6 is 0 Å². The van der Waals surface area contributed by atoms with Crippen LogP contribution in [-0.2, 0) is 21.8 Å². The molecule has 0 amide bonds. The highest BCUT2D eigenvalue weighted by atomic mass is 32.2. The van der Waals surface area contributed by atoms with Gasteiger partial charge in [0.05, 0.1) is 13.2 Å². The van der Waals surface area contributed by atoms with Crippen LogP contribution in [0.25, 0.3) is 5.65 Å². The highest BCUT2D eigenvalue weighted by molar-refractivity contribution is 7.89. The molecule has 0 aliphatic carbocycles. The monoisotopic (exact) mass is 298 g/mol. The molecule has 0 N–H and O–H groups in total. The summed E-state index contributed by atoms with van der Waals surface area (Å²) in [7, 11) is -2.19. The van der Waals surface area contributed by atoms with Gasteiger partial charge in [0.15, 0.2) is 5.65 Å². The van der Waals surface area contributed by atoms with E-state index in [1.165, 1.54) is 34.1 Å². The molecule has 1 aliphatic heterocycles. The summed E-state index contributed by atoms with van der Waals surface area (Å²) in [5.74, 6) is 0. The van der Waals surface area contributed by atoms with Crippen molar-refractivity contribution in [1.29, 1.82) is 0 Å². The molecule has 0 atom stereocenters. The number of morpholine rings is 1. The van der Waals surface area contributed by atoms with Crippen molar-refractivity contribution in [3.8, 4) is 0 Å². The van der Waals surface area contributed by atoms with Crippen molar-refractivity contribution in [2.45, 2.75) is 4.90 Å².